The molecule has 1 aliphatic heterocycles. The van der Waals surface area contributed by atoms with Gasteiger partial charge in [0.15, 0.2) is 0 Å². The van der Waals surface area contributed by atoms with Gasteiger partial charge >= 0.3 is 0 Å². The van der Waals surface area contributed by atoms with Crippen LogP contribution in [0.4, 0.5) is 4.39 Å². The molecule has 0 amide bonds. The lowest BCUT2D eigenvalue weighted by atomic mass is 9.93. The lowest BCUT2D eigenvalue weighted by Gasteiger charge is -2.19. The molecule has 1 heterocycles. The molecule has 2 unspecified atom stereocenters. The Balaban J connectivity index is 1.91. The minimum atomic E-state index is -0.0808. The summed E-state index contributed by atoms with van der Waals surface area (Å²) in [7, 11) is 0. The van der Waals surface area contributed by atoms with Gasteiger partial charge in [0.25, 0.3) is 0 Å². The number of hydrogen-bond donors (Lipinski definition) is 0. The molecule has 0 bridgehead atoms. The van der Waals surface area contributed by atoms with E-state index in [0.29, 0.717) is 5.41 Å². The van der Waals surface area contributed by atoms with E-state index in [2.05, 4.69) is 17.9 Å². The summed E-state index contributed by atoms with van der Waals surface area (Å²) < 4.78 is 13.3. The Hall–Kier alpha value is -0.890. The molecule has 0 N–H and O–H groups in total. The van der Waals surface area contributed by atoms with Crippen LogP contribution < -0.4 is 0 Å². The molecule has 1 saturated heterocycles. The molecule has 2 fully saturated rings. The molecule has 0 spiro atoms. The van der Waals surface area contributed by atoms with Crippen molar-refractivity contribution < 1.29 is 4.39 Å². The summed E-state index contributed by atoms with van der Waals surface area (Å²) in [5.41, 5.74) is 2.51. The van der Waals surface area contributed by atoms with Crippen molar-refractivity contribution in [2.75, 3.05) is 19.6 Å². The summed E-state index contributed by atoms with van der Waals surface area (Å²) in [6.45, 7) is 7.61. The van der Waals surface area contributed by atoms with E-state index in [4.69, 9.17) is 0 Å². The first-order chi connectivity index (χ1) is 7.65. The summed E-state index contributed by atoms with van der Waals surface area (Å²) in [6, 6.07) is 5.67. The lowest BCUT2D eigenvalue weighted by molar-refractivity contribution is 0.314. The molecule has 1 saturated carbocycles. The quantitative estimate of drug-likeness (QED) is 0.739. The second-order valence-electron chi connectivity index (χ2n) is 5.35. The van der Waals surface area contributed by atoms with Gasteiger partial charge < -0.3 is 4.90 Å². The van der Waals surface area contributed by atoms with E-state index in [1.165, 1.54) is 25.1 Å². The van der Waals surface area contributed by atoms with Crippen LogP contribution in [0.5, 0.6) is 0 Å². The minimum Gasteiger partial charge on any atom is -0.302 e. The van der Waals surface area contributed by atoms with Gasteiger partial charge in [-0.1, -0.05) is 19.1 Å². The third-order valence-corrected chi connectivity index (χ3v) is 4.40. The van der Waals surface area contributed by atoms with Crippen LogP contribution >= 0.6 is 0 Å². The molecular formula is C14H18FN. The standard InChI is InChI=1S/C14H18FN/c1-3-16-8-12-7-14(12,9-16)11-4-5-13(15)10(2)6-11/h4-6,12H,3,7-9H2,1-2H3. The van der Waals surface area contributed by atoms with E-state index in [1.807, 2.05) is 13.0 Å². The number of fused-ring (bicyclic) bond motifs is 1. The van der Waals surface area contributed by atoms with Gasteiger partial charge in [0.2, 0.25) is 0 Å². The normalized spacial score (nSPS) is 32.8. The van der Waals surface area contributed by atoms with Gasteiger partial charge in [-0.15, -0.1) is 0 Å². The van der Waals surface area contributed by atoms with E-state index in [-0.39, 0.29) is 5.82 Å². The van der Waals surface area contributed by atoms with Crippen molar-refractivity contribution in [1.82, 2.24) is 4.90 Å². The van der Waals surface area contributed by atoms with E-state index in [1.54, 1.807) is 6.07 Å². The van der Waals surface area contributed by atoms with E-state index >= 15 is 0 Å². The summed E-state index contributed by atoms with van der Waals surface area (Å²) in [4.78, 5) is 2.51. The summed E-state index contributed by atoms with van der Waals surface area (Å²) in [5.74, 6) is 0.736. The highest BCUT2D eigenvalue weighted by molar-refractivity contribution is 5.39. The Labute approximate surface area is 96.3 Å². The van der Waals surface area contributed by atoms with Crippen LogP contribution in [-0.2, 0) is 5.41 Å². The van der Waals surface area contributed by atoms with Crippen molar-refractivity contribution in [3.8, 4) is 0 Å². The number of halogens is 1. The van der Waals surface area contributed by atoms with E-state index < -0.39 is 0 Å². The van der Waals surface area contributed by atoms with Gasteiger partial charge in [0.1, 0.15) is 5.82 Å². The van der Waals surface area contributed by atoms with Crippen molar-refractivity contribution in [2.45, 2.75) is 25.7 Å². The van der Waals surface area contributed by atoms with Crippen LogP contribution in [0.1, 0.15) is 24.5 Å². The fourth-order valence-electron chi connectivity index (χ4n) is 3.23. The minimum absolute atomic E-state index is 0.0808. The molecule has 1 nitrogen and oxygen atoms in total. The Kier molecular flexibility index (Phi) is 2.12. The maximum atomic E-state index is 13.3. The number of likely N-dealkylation sites (N-methyl/N-ethyl adjacent to an activating group) is 1. The van der Waals surface area contributed by atoms with Crippen molar-refractivity contribution in [2.24, 2.45) is 5.92 Å². The van der Waals surface area contributed by atoms with Crippen LogP contribution in [0.15, 0.2) is 18.2 Å². The van der Waals surface area contributed by atoms with Crippen LogP contribution in [0.3, 0.4) is 0 Å². The zero-order chi connectivity index (χ0) is 11.3. The third kappa shape index (κ3) is 1.32. The van der Waals surface area contributed by atoms with Crippen LogP contribution in [-0.4, -0.2) is 24.5 Å². The number of aryl methyl sites for hydroxylation is 1. The van der Waals surface area contributed by atoms with Gasteiger partial charge in [0.05, 0.1) is 0 Å². The summed E-state index contributed by atoms with van der Waals surface area (Å²) in [6.07, 6.45) is 1.30. The van der Waals surface area contributed by atoms with E-state index in [0.717, 1.165) is 18.0 Å². The summed E-state index contributed by atoms with van der Waals surface area (Å²) >= 11 is 0. The van der Waals surface area contributed by atoms with Gasteiger partial charge in [-0.2, -0.15) is 0 Å². The predicted molar refractivity (Wildman–Crippen MR) is 63.0 cm³/mol. The van der Waals surface area contributed by atoms with Gasteiger partial charge in [-0.3, -0.25) is 0 Å². The first-order valence-electron chi connectivity index (χ1n) is 6.15. The van der Waals surface area contributed by atoms with Crippen LogP contribution in [0, 0.1) is 18.7 Å². The fourth-order valence-corrected chi connectivity index (χ4v) is 3.23. The topological polar surface area (TPSA) is 3.24 Å². The third-order valence-electron chi connectivity index (χ3n) is 4.40. The molecule has 3 rings (SSSR count). The lowest BCUT2D eigenvalue weighted by Crippen LogP contribution is -2.26. The molecule has 0 aromatic heterocycles. The number of benzene rings is 1. The first kappa shape index (κ1) is 10.3. The number of rotatable bonds is 2. The molecule has 1 aromatic rings. The maximum absolute atomic E-state index is 13.3. The number of nitrogens with zero attached hydrogens (tertiary/aromatic N) is 1. The molecular weight excluding hydrogens is 201 g/mol. The van der Waals surface area contributed by atoms with Gasteiger partial charge in [-0.25, -0.2) is 4.39 Å². The van der Waals surface area contributed by atoms with Crippen molar-refractivity contribution in [1.29, 1.82) is 0 Å². The monoisotopic (exact) mass is 219 g/mol. The average molecular weight is 219 g/mol. The average Bonchev–Trinajstić information content (AvgIpc) is 2.86. The molecule has 2 heteroatoms. The molecule has 1 aliphatic carbocycles. The van der Waals surface area contributed by atoms with Gasteiger partial charge in [-0.05, 0) is 43.0 Å². The fraction of sp³-hybridized carbons (Fsp3) is 0.571. The Morgan fingerprint density at radius 3 is 2.94 bits per heavy atom. The second kappa shape index (κ2) is 3.30. The Morgan fingerprint density at radius 1 is 1.50 bits per heavy atom. The highest BCUT2D eigenvalue weighted by Gasteiger charge is 2.60. The van der Waals surface area contributed by atoms with Gasteiger partial charge in [0, 0.05) is 18.5 Å². The highest BCUT2D eigenvalue weighted by Crippen LogP contribution is 2.58. The van der Waals surface area contributed by atoms with Crippen molar-refractivity contribution in [3.63, 3.8) is 0 Å². The smallest absolute Gasteiger partial charge is 0.126 e. The predicted octanol–water partition coefficient (Wildman–Crippen LogP) is 2.73. The van der Waals surface area contributed by atoms with Crippen molar-refractivity contribution in [3.05, 3.63) is 35.1 Å². The molecule has 86 valence electrons. The van der Waals surface area contributed by atoms with E-state index in [9.17, 15) is 4.39 Å². The zero-order valence-corrected chi connectivity index (χ0v) is 9.96. The van der Waals surface area contributed by atoms with Crippen molar-refractivity contribution >= 4 is 0 Å². The number of piperidine rings is 1. The second-order valence-corrected chi connectivity index (χ2v) is 5.35. The number of likely N-dealkylation sites (tertiary alicyclic amines) is 1. The molecule has 16 heavy (non-hydrogen) atoms. The Bertz CT molecular complexity index is 429. The van der Waals surface area contributed by atoms with Crippen LogP contribution in [0.2, 0.25) is 0 Å². The molecule has 2 aliphatic rings. The largest absolute Gasteiger partial charge is 0.302 e. The maximum Gasteiger partial charge on any atom is 0.126 e. The highest BCUT2D eigenvalue weighted by atomic mass is 19.1. The van der Waals surface area contributed by atoms with Crippen LogP contribution in [0.25, 0.3) is 0 Å². The SMILES string of the molecule is CCN1CC2CC2(c2ccc(F)c(C)c2)C1. The summed E-state index contributed by atoms with van der Waals surface area (Å²) in [5, 5.41) is 0. The molecule has 0 radical (unpaired) electrons. The first-order valence-corrected chi connectivity index (χ1v) is 6.15. The molecule has 1 aromatic carbocycles. The Morgan fingerprint density at radius 2 is 2.31 bits per heavy atom. The number of hydrogen-bond acceptors (Lipinski definition) is 1. The zero-order valence-electron chi connectivity index (χ0n) is 9.96. The molecule has 2 atom stereocenters.